The first-order valence-corrected chi connectivity index (χ1v) is 3.54. The summed E-state index contributed by atoms with van der Waals surface area (Å²) in [4.78, 5) is 0. The predicted molar refractivity (Wildman–Crippen MR) is 39.3 cm³/mol. The van der Waals surface area contributed by atoms with Crippen LogP contribution >= 0.6 is 23.2 Å². The molecule has 0 N–H and O–H groups in total. The summed E-state index contributed by atoms with van der Waals surface area (Å²) in [6, 6.07) is 0. The van der Waals surface area contributed by atoms with Gasteiger partial charge in [-0.05, 0) is 12.8 Å². The molecule has 0 saturated carbocycles. The number of unbranched alkanes of at least 4 members (excludes halogenated alkanes) is 2. The summed E-state index contributed by atoms with van der Waals surface area (Å²) in [6.45, 7) is 2.13. The van der Waals surface area contributed by atoms with Crippen molar-refractivity contribution in [3.05, 3.63) is 10.6 Å². The molecule has 0 spiro atoms. The normalized spacial score (nSPS) is 7.89. The quantitative estimate of drug-likeness (QED) is 0.534. The van der Waals surface area contributed by atoms with Gasteiger partial charge in [0, 0.05) is 19.5 Å². The largest absolute Gasteiger partial charge is 0.102 e. The Morgan fingerprint density at radius 3 is 2.33 bits per heavy atom. The molecule has 0 aliphatic carbocycles. The zero-order chi connectivity index (χ0) is 6.41. The molecule has 0 aromatic heterocycles. The standard InChI is InChI=1S/C6H10Cl2.Ru/c1-2-3-4-5-6(7)8;/h5H,2-4H2,1H3;. The van der Waals surface area contributed by atoms with Crippen LogP contribution in [0.2, 0.25) is 0 Å². The Morgan fingerprint density at radius 1 is 1.44 bits per heavy atom. The minimum absolute atomic E-state index is 0. The van der Waals surface area contributed by atoms with E-state index in [-0.39, 0.29) is 19.5 Å². The van der Waals surface area contributed by atoms with Crippen molar-refractivity contribution in [2.75, 3.05) is 0 Å². The molecule has 0 aromatic rings. The van der Waals surface area contributed by atoms with E-state index in [9.17, 15) is 0 Å². The van der Waals surface area contributed by atoms with Crippen molar-refractivity contribution in [2.24, 2.45) is 0 Å². The van der Waals surface area contributed by atoms with Gasteiger partial charge in [-0.15, -0.1) is 0 Å². The second-order valence-corrected chi connectivity index (χ2v) is 2.64. The average Bonchev–Trinajstić information content (AvgIpc) is 1.66. The van der Waals surface area contributed by atoms with Gasteiger partial charge in [0.15, 0.2) is 0 Å². The fourth-order valence-electron chi connectivity index (χ4n) is 0.415. The second-order valence-electron chi connectivity index (χ2n) is 1.64. The first-order chi connectivity index (χ1) is 3.77. The third-order valence-electron chi connectivity index (χ3n) is 0.856. The summed E-state index contributed by atoms with van der Waals surface area (Å²) in [5, 5.41) is 0. The van der Waals surface area contributed by atoms with Crippen LogP contribution in [0.4, 0.5) is 0 Å². The van der Waals surface area contributed by atoms with Crippen molar-refractivity contribution >= 4 is 23.2 Å². The van der Waals surface area contributed by atoms with Crippen LogP contribution in [0, 0.1) is 0 Å². The van der Waals surface area contributed by atoms with Gasteiger partial charge in [0.2, 0.25) is 0 Å². The number of hydrogen-bond acceptors (Lipinski definition) is 0. The first-order valence-electron chi connectivity index (χ1n) is 2.78. The van der Waals surface area contributed by atoms with E-state index in [2.05, 4.69) is 6.92 Å². The zero-order valence-corrected chi connectivity index (χ0v) is 8.56. The number of allylic oxidation sites excluding steroid dienone is 1. The number of halogens is 2. The van der Waals surface area contributed by atoms with Crippen molar-refractivity contribution in [2.45, 2.75) is 26.2 Å². The van der Waals surface area contributed by atoms with Gasteiger partial charge in [0.05, 0.1) is 0 Å². The third-order valence-corrected chi connectivity index (χ3v) is 1.16. The molecule has 0 heterocycles. The van der Waals surface area contributed by atoms with Crippen LogP contribution in [0.3, 0.4) is 0 Å². The van der Waals surface area contributed by atoms with Gasteiger partial charge in [0.25, 0.3) is 0 Å². The summed E-state index contributed by atoms with van der Waals surface area (Å²) in [5.41, 5.74) is 0. The van der Waals surface area contributed by atoms with E-state index in [1.54, 1.807) is 0 Å². The Bertz CT molecular complexity index is 77.1. The van der Waals surface area contributed by atoms with Gasteiger partial charge in [-0.1, -0.05) is 42.6 Å². The topological polar surface area (TPSA) is 0 Å². The third kappa shape index (κ3) is 12.2. The Labute approximate surface area is 79.4 Å². The summed E-state index contributed by atoms with van der Waals surface area (Å²) in [7, 11) is 0. The van der Waals surface area contributed by atoms with Gasteiger partial charge in [-0.3, -0.25) is 0 Å². The molecule has 0 bridgehead atoms. The van der Waals surface area contributed by atoms with Crippen molar-refractivity contribution in [3.63, 3.8) is 0 Å². The second kappa shape index (κ2) is 8.94. The molecule has 0 amide bonds. The molecular weight excluding hydrogens is 244 g/mol. The molecule has 0 fully saturated rings. The van der Waals surface area contributed by atoms with Gasteiger partial charge in [0.1, 0.15) is 4.49 Å². The van der Waals surface area contributed by atoms with Gasteiger partial charge < -0.3 is 0 Å². The SMILES string of the molecule is CCCCC=C(Cl)Cl.[Ru]. The van der Waals surface area contributed by atoms with Crippen molar-refractivity contribution in [1.29, 1.82) is 0 Å². The average molecular weight is 254 g/mol. The van der Waals surface area contributed by atoms with Crippen LogP contribution in [-0.4, -0.2) is 0 Å². The minimum Gasteiger partial charge on any atom is -0.0713 e. The summed E-state index contributed by atoms with van der Waals surface area (Å²) >= 11 is 10.7. The van der Waals surface area contributed by atoms with E-state index >= 15 is 0 Å². The smallest absolute Gasteiger partial charge is 0.0713 e. The Morgan fingerprint density at radius 2 is 2.00 bits per heavy atom. The minimum atomic E-state index is 0. The van der Waals surface area contributed by atoms with E-state index in [0.29, 0.717) is 4.49 Å². The van der Waals surface area contributed by atoms with Crippen LogP contribution in [-0.2, 0) is 19.5 Å². The fraction of sp³-hybridized carbons (Fsp3) is 0.667. The van der Waals surface area contributed by atoms with E-state index in [4.69, 9.17) is 23.2 Å². The fourth-order valence-corrected chi connectivity index (χ4v) is 0.634. The molecule has 0 radical (unpaired) electrons. The molecular formula is C6H10Cl2Ru. The molecule has 0 rings (SSSR count). The van der Waals surface area contributed by atoms with E-state index in [0.717, 1.165) is 6.42 Å². The van der Waals surface area contributed by atoms with Crippen LogP contribution in [0.1, 0.15) is 26.2 Å². The van der Waals surface area contributed by atoms with Crippen LogP contribution in [0.5, 0.6) is 0 Å². The summed E-state index contributed by atoms with van der Waals surface area (Å²) in [5.74, 6) is 0. The van der Waals surface area contributed by atoms with E-state index in [1.165, 1.54) is 12.8 Å². The molecule has 0 atom stereocenters. The molecule has 0 aromatic carbocycles. The maximum absolute atomic E-state index is 5.34. The van der Waals surface area contributed by atoms with E-state index < -0.39 is 0 Å². The Kier molecular flexibility index (Phi) is 12.5. The van der Waals surface area contributed by atoms with Crippen LogP contribution in [0.15, 0.2) is 10.6 Å². The van der Waals surface area contributed by atoms with Crippen LogP contribution < -0.4 is 0 Å². The zero-order valence-electron chi connectivity index (χ0n) is 5.31. The first kappa shape index (κ1) is 12.6. The summed E-state index contributed by atoms with van der Waals surface area (Å²) < 4.78 is 0.387. The van der Waals surface area contributed by atoms with E-state index in [1.807, 2.05) is 6.08 Å². The maximum atomic E-state index is 5.34. The van der Waals surface area contributed by atoms with Crippen molar-refractivity contribution < 1.29 is 19.5 Å². The number of rotatable bonds is 3. The monoisotopic (exact) mass is 254 g/mol. The Hall–Kier alpha value is 0.943. The Balaban J connectivity index is 0. The van der Waals surface area contributed by atoms with Gasteiger partial charge in [-0.25, -0.2) is 0 Å². The molecule has 0 aliphatic rings. The predicted octanol–water partition coefficient (Wildman–Crippen LogP) is 3.49. The van der Waals surface area contributed by atoms with Crippen LogP contribution in [0.25, 0.3) is 0 Å². The molecule has 3 heteroatoms. The molecule has 0 nitrogen and oxygen atoms in total. The number of hydrogen-bond donors (Lipinski definition) is 0. The maximum Gasteiger partial charge on any atom is 0.102 e. The molecule has 0 unspecified atom stereocenters. The molecule has 56 valence electrons. The van der Waals surface area contributed by atoms with Crippen molar-refractivity contribution in [1.82, 2.24) is 0 Å². The molecule has 0 saturated heterocycles. The molecule has 0 aliphatic heterocycles. The van der Waals surface area contributed by atoms with Gasteiger partial charge >= 0.3 is 0 Å². The van der Waals surface area contributed by atoms with Crippen molar-refractivity contribution in [3.8, 4) is 0 Å². The summed E-state index contributed by atoms with van der Waals surface area (Å²) in [6.07, 6.45) is 5.19. The van der Waals surface area contributed by atoms with Gasteiger partial charge in [-0.2, -0.15) is 0 Å². The molecule has 9 heavy (non-hydrogen) atoms.